The lowest BCUT2D eigenvalue weighted by Crippen LogP contribution is -2.66. The van der Waals surface area contributed by atoms with Gasteiger partial charge >= 0.3 is 5.97 Å². The fourth-order valence-electron chi connectivity index (χ4n) is 2.67. The minimum absolute atomic E-state index is 0.157. The normalized spacial score (nSPS) is 21.8. The first-order valence-corrected chi connectivity index (χ1v) is 6.47. The Bertz CT molecular complexity index is 475. The predicted octanol–water partition coefficient (Wildman–Crippen LogP) is 1.48. The van der Waals surface area contributed by atoms with Gasteiger partial charge in [-0.3, -0.25) is 9.78 Å². The van der Waals surface area contributed by atoms with Crippen LogP contribution in [-0.4, -0.2) is 39.0 Å². The van der Waals surface area contributed by atoms with E-state index in [1.54, 1.807) is 12.4 Å². The summed E-state index contributed by atoms with van der Waals surface area (Å²) in [5.41, 5.74) is 0.116. The molecule has 1 aliphatic rings. The molecule has 2 rings (SSSR count). The molecule has 1 atom stereocenters. The highest BCUT2D eigenvalue weighted by Gasteiger charge is 2.51. The van der Waals surface area contributed by atoms with Gasteiger partial charge < -0.3 is 10.0 Å². The molecule has 0 aromatic carbocycles. The van der Waals surface area contributed by atoms with Gasteiger partial charge in [-0.05, 0) is 37.3 Å². The molecular weight excluding hydrogens is 244 g/mol. The Morgan fingerprint density at radius 2 is 2.32 bits per heavy atom. The summed E-state index contributed by atoms with van der Waals surface area (Å²) in [6, 6.07) is 3.84. The summed E-state index contributed by atoms with van der Waals surface area (Å²) in [5, 5.41) is 9.39. The quantitative estimate of drug-likeness (QED) is 0.872. The van der Waals surface area contributed by atoms with Crippen LogP contribution in [0.15, 0.2) is 24.5 Å². The summed E-state index contributed by atoms with van der Waals surface area (Å²) < 4.78 is 0. The van der Waals surface area contributed by atoms with Crippen molar-refractivity contribution < 1.29 is 14.7 Å². The molecule has 0 spiro atoms. The topological polar surface area (TPSA) is 70.5 Å². The largest absolute Gasteiger partial charge is 0.479 e. The van der Waals surface area contributed by atoms with E-state index >= 15 is 0 Å². The van der Waals surface area contributed by atoms with Gasteiger partial charge in [0.1, 0.15) is 5.54 Å². The summed E-state index contributed by atoms with van der Waals surface area (Å²) in [6.45, 7) is 1.98. The summed E-state index contributed by atoms with van der Waals surface area (Å²) >= 11 is 0. The van der Waals surface area contributed by atoms with Crippen LogP contribution in [0.1, 0.15) is 31.7 Å². The lowest BCUT2D eigenvalue weighted by atomic mass is 9.79. The standard InChI is InChI=1S/C14H18N2O3/c1-11(17)16-9-7-14(16,13(18)19)6-2-4-12-5-3-8-15-10-12/h3,5,8,10H,2,4,6-7,9H2,1H3,(H,18,19)/t14-/m1/s1. The maximum atomic E-state index is 11.5. The van der Waals surface area contributed by atoms with Crippen molar-refractivity contribution in [1.82, 2.24) is 9.88 Å². The summed E-state index contributed by atoms with van der Waals surface area (Å²) in [4.78, 5) is 28.4. The van der Waals surface area contributed by atoms with Crippen LogP contribution in [0.3, 0.4) is 0 Å². The van der Waals surface area contributed by atoms with Crippen molar-refractivity contribution in [3.63, 3.8) is 0 Å². The van der Waals surface area contributed by atoms with Crippen molar-refractivity contribution in [3.05, 3.63) is 30.1 Å². The van der Waals surface area contributed by atoms with Crippen LogP contribution in [0.5, 0.6) is 0 Å². The Balaban J connectivity index is 1.96. The van der Waals surface area contributed by atoms with E-state index in [4.69, 9.17) is 0 Å². The number of pyridine rings is 1. The average molecular weight is 262 g/mol. The number of carbonyl (C=O) groups is 2. The van der Waals surface area contributed by atoms with Gasteiger partial charge in [-0.25, -0.2) is 4.79 Å². The number of aromatic nitrogens is 1. The minimum Gasteiger partial charge on any atom is -0.479 e. The van der Waals surface area contributed by atoms with Gasteiger partial charge in [0, 0.05) is 25.9 Å². The molecule has 1 saturated heterocycles. The number of aryl methyl sites for hydroxylation is 1. The number of nitrogens with zero attached hydrogens (tertiary/aromatic N) is 2. The number of likely N-dealkylation sites (tertiary alicyclic amines) is 1. The Morgan fingerprint density at radius 3 is 2.79 bits per heavy atom. The molecule has 1 N–H and O–H groups in total. The number of carboxylic acid groups (broad SMARTS) is 1. The van der Waals surface area contributed by atoms with Gasteiger partial charge in [-0.2, -0.15) is 0 Å². The van der Waals surface area contributed by atoms with Gasteiger partial charge in [-0.1, -0.05) is 6.07 Å². The Hall–Kier alpha value is -1.91. The number of rotatable bonds is 5. The van der Waals surface area contributed by atoms with Crippen molar-refractivity contribution in [2.45, 2.75) is 38.1 Å². The van der Waals surface area contributed by atoms with Crippen LogP contribution in [0.25, 0.3) is 0 Å². The number of aliphatic carboxylic acids is 1. The number of carboxylic acids is 1. The lowest BCUT2D eigenvalue weighted by Gasteiger charge is -2.49. The predicted molar refractivity (Wildman–Crippen MR) is 69.5 cm³/mol. The second-order valence-electron chi connectivity index (χ2n) is 4.97. The molecule has 0 aliphatic carbocycles. The molecule has 0 saturated carbocycles. The van der Waals surface area contributed by atoms with Gasteiger partial charge in [0.25, 0.3) is 0 Å². The van der Waals surface area contributed by atoms with E-state index in [-0.39, 0.29) is 5.91 Å². The molecule has 0 bridgehead atoms. The molecule has 0 radical (unpaired) electrons. The van der Waals surface area contributed by atoms with Gasteiger partial charge in [0.2, 0.25) is 5.91 Å². The number of hydrogen-bond acceptors (Lipinski definition) is 3. The molecule has 5 heteroatoms. The molecule has 19 heavy (non-hydrogen) atoms. The molecule has 2 heterocycles. The van der Waals surface area contributed by atoms with Crippen LogP contribution in [-0.2, 0) is 16.0 Å². The highest BCUT2D eigenvalue weighted by atomic mass is 16.4. The van der Waals surface area contributed by atoms with Crippen molar-refractivity contribution in [1.29, 1.82) is 0 Å². The molecule has 1 aromatic rings. The van der Waals surface area contributed by atoms with Crippen LogP contribution >= 0.6 is 0 Å². The van der Waals surface area contributed by atoms with Crippen LogP contribution < -0.4 is 0 Å². The van der Waals surface area contributed by atoms with Gasteiger partial charge in [0.15, 0.2) is 0 Å². The van der Waals surface area contributed by atoms with Gasteiger partial charge in [-0.15, -0.1) is 0 Å². The fourth-order valence-corrected chi connectivity index (χ4v) is 2.67. The molecular formula is C14H18N2O3. The smallest absolute Gasteiger partial charge is 0.329 e. The fraction of sp³-hybridized carbons (Fsp3) is 0.500. The first kappa shape index (κ1) is 13.5. The van der Waals surface area contributed by atoms with E-state index < -0.39 is 11.5 Å². The zero-order valence-electron chi connectivity index (χ0n) is 11.0. The average Bonchev–Trinajstić information content (AvgIpc) is 2.33. The van der Waals surface area contributed by atoms with E-state index in [1.807, 2.05) is 12.1 Å². The monoisotopic (exact) mass is 262 g/mol. The van der Waals surface area contributed by atoms with E-state index in [0.717, 1.165) is 18.4 Å². The first-order valence-electron chi connectivity index (χ1n) is 6.47. The SMILES string of the molecule is CC(=O)N1CC[C@]1(CCCc1cccnc1)C(=O)O. The molecule has 1 fully saturated rings. The highest BCUT2D eigenvalue weighted by molar-refractivity contribution is 5.88. The molecule has 1 aromatic heterocycles. The van der Waals surface area contributed by atoms with Crippen molar-refractivity contribution in [2.75, 3.05) is 6.54 Å². The van der Waals surface area contributed by atoms with Crippen molar-refractivity contribution >= 4 is 11.9 Å². The molecule has 5 nitrogen and oxygen atoms in total. The van der Waals surface area contributed by atoms with Crippen molar-refractivity contribution in [3.8, 4) is 0 Å². The third-order valence-corrected chi connectivity index (χ3v) is 3.82. The van der Waals surface area contributed by atoms with Crippen molar-refractivity contribution in [2.24, 2.45) is 0 Å². The lowest BCUT2D eigenvalue weighted by molar-refractivity contribution is -0.170. The number of hydrogen-bond donors (Lipinski definition) is 1. The zero-order chi connectivity index (χ0) is 13.9. The molecule has 1 aliphatic heterocycles. The van der Waals surface area contributed by atoms with Gasteiger partial charge in [0.05, 0.1) is 0 Å². The number of carbonyl (C=O) groups excluding carboxylic acids is 1. The van der Waals surface area contributed by atoms with E-state index in [1.165, 1.54) is 11.8 Å². The highest BCUT2D eigenvalue weighted by Crippen LogP contribution is 2.35. The van der Waals surface area contributed by atoms with E-state index in [2.05, 4.69) is 4.98 Å². The minimum atomic E-state index is -0.978. The molecule has 1 amide bonds. The van der Waals surface area contributed by atoms with Crippen LogP contribution in [0, 0.1) is 0 Å². The van der Waals surface area contributed by atoms with Crippen LogP contribution in [0.4, 0.5) is 0 Å². The van der Waals surface area contributed by atoms with E-state index in [9.17, 15) is 14.7 Å². The molecule has 0 unspecified atom stereocenters. The number of amides is 1. The maximum absolute atomic E-state index is 11.5. The third-order valence-electron chi connectivity index (χ3n) is 3.82. The van der Waals surface area contributed by atoms with Crippen LogP contribution in [0.2, 0.25) is 0 Å². The summed E-state index contributed by atoms with van der Waals surface area (Å²) in [7, 11) is 0. The van der Waals surface area contributed by atoms with E-state index in [0.29, 0.717) is 19.4 Å². The third kappa shape index (κ3) is 2.59. The Morgan fingerprint density at radius 1 is 1.53 bits per heavy atom. The zero-order valence-corrected chi connectivity index (χ0v) is 11.0. The Labute approximate surface area is 112 Å². The second-order valence-corrected chi connectivity index (χ2v) is 4.97. The Kier molecular flexibility index (Phi) is 3.83. The summed E-state index contributed by atoms with van der Waals surface area (Å²) in [6.07, 6.45) is 6.07. The second kappa shape index (κ2) is 5.38. The molecule has 102 valence electrons. The first-order chi connectivity index (χ1) is 9.06. The summed E-state index contributed by atoms with van der Waals surface area (Å²) in [5.74, 6) is -1.05. The maximum Gasteiger partial charge on any atom is 0.329 e.